The van der Waals surface area contributed by atoms with Gasteiger partial charge in [0.2, 0.25) is 0 Å². The van der Waals surface area contributed by atoms with E-state index in [4.69, 9.17) is 0 Å². The maximum absolute atomic E-state index is 12.7. The molecule has 0 aliphatic carbocycles. The summed E-state index contributed by atoms with van der Waals surface area (Å²) in [5.74, 6) is 0.904. The van der Waals surface area contributed by atoms with Crippen molar-refractivity contribution in [3.63, 3.8) is 0 Å². The van der Waals surface area contributed by atoms with Gasteiger partial charge in [-0.15, -0.1) is 0 Å². The lowest BCUT2D eigenvalue weighted by molar-refractivity contribution is 0.0735. The molecule has 114 valence electrons. The van der Waals surface area contributed by atoms with Crippen molar-refractivity contribution in [2.24, 2.45) is 0 Å². The van der Waals surface area contributed by atoms with Gasteiger partial charge in [0.1, 0.15) is 5.82 Å². The first-order chi connectivity index (χ1) is 11.3. The number of fused-ring (bicyclic) bond motifs is 1. The highest BCUT2D eigenvalue weighted by Gasteiger charge is 2.21. The molecule has 0 fully saturated rings. The molecular formula is C19H17N3O. The van der Waals surface area contributed by atoms with Gasteiger partial charge in [-0.1, -0.05) is 36.4 Å². The summed E-state index contributed by atoms with van der Waals surface area (Å²) in [6.45, 7) is 1.46. The van der Waals surface area contributed by atoms with Crippen molar-refractivity contribution in [1.82, 2.24) is 14.9 Å². The van der Waals surface area contributed by atoms with Crippen LogP contribution in [0, 0.1) is 0 Å². The standard InChI is InChI=1S/C19H17N3O/c23-19(22-12-9-14-3-1-2-4-17(14)13-22)16-7-5-15(6-8-16)18-20-10-11-21-18/h1-8,10-11H,9,12-13H2,(H,20,21). The molecule has 4 nitrogen and oxygen atoms in total. The van der Waals surface area contributed by atoms with Gasteiger partial charge in [-0.25, -0.2) is 4.98 Å². The molecule has 0 bridgehead atoms. The molecular weight excluding hydrogens is 286 g/mol. The highest BCUT2D eigenvalue weighted by Crippen LogP contribution is 2.21. The second-order valence-electron chi connectivity index (χ2n) is 5.76. The van der Waals surface area contributed by atoms with E-state index in [9.17, 15) is 4.79 Å². The number of hydrogen-bond acceptors (Lipinski definition) is 2. The van der Waals surface area contributed by atoms with E-state index in [1.165, 1.54) is 11.1 Å². The highest BCUT2D eigenvalue weighted by atomic mass is 16.2. The summed E-state index contributed by atoms with van der Waals surface area (Å²) in [5.41, 5.74) is 4.30. The molecule has 0 spiro atoms. The average Bonchev–Trinajstić information content (AvgIpc) is 3.15. The second kappa shape index (κ2) is 5.72. The summed E-state index contributed by atoms with van der Waals surface area (Å²) in [7, 11) is 0. The van der Waals surface area contributed by atoms with Crippen LogP contribution in [0.3, 0.4) is 0 Å². The Balaban J connectivity index is 1.53. The van der Waals surface area contributed by atoms with Crippen LogP contribution in [0.25, 0.3) is 11.4 Å². The normalized spacial score (nSPS) is 13.7. The van der Waals surface area contributed by atoms with Crippen LogP contribution < -0.4 is 0 Å². The van der Waals surface area contributed by atoms with Crippen molar-refractivity contribution in [2.75, 3.05) is 6.54 Å². The SMILES string of the molecule is O=C(c1ccc(-c2ncc[nH]2)cc1)N1CCc2ccccc2C1. The summed E-state index contributed by atoms with van der Waals surface area (Å²) < 4.78 is 0. The first-order valence-electron chi connectivity index (χ1n) is 7.77. The number of carbonyl (C=O) groups is 1. The van der Waals surface area contributed by atoms with Gasteiger partial charge in [0.25, 0.3) is 5.91 Å². The minimum absolute atomic E-state index is 0.0884. The Morgan fingerprint density at radius 3 is 2.57 bits per heavy atom. The van der Waals surface area contributed by atoms with Crippen LogP contribution >= 0.6 is 0 Å². The highest BCUT2D eigenvalue weighted by molar-refractivity contribution is 5.94. The lowest BCUT2D eigenvalue weighted by atomic mass is 9.99. The van der Waals surface area contributed by atoms with Gasteiger partial charge in [0.15, 0.2) is 0 Å². The van der Waals surface area contributed by atoms with Crippen LogP contribution in [-0.2, 0) is 13.0 Å². The monoisotopic (exact) mass is 303 g/mol. The number of benzene rings is 2. The Bertz CT molecular complexity index is 822. The number of rotatable bonds is 2. The summed E-state index contributed by atoms with van der Waals surface area (Å²) in [6, 6.07) is 16.0. The van der Waals surface area contributed by atoms with Crippen molar-refractivity contribution in [1.29, 1.82) is 0 Å². The van der Waals surface area contributed by atoms with Gasteiger partial charge in [-0.05, 0) is 29.7 Å². The fourth-order valence-electron chi connectivity index (χ4n) is 3.05. The first-order valence-corrected chi connectivity index (χ1v) is 7.77. The molecule has 0 saturated carbocycles. The smallest absolute Gasteiger partial charge is 0.254 e. The van der Waals surface area contributed by atoms with Crippen LogP contribution in [0.4, 0.5) is 0 Å². The molecule has 1 aliphatic rings. The molecule has 0 radical (unpaired) electrons. The molecule has 1 aliphatic heterocycles. The molecule has 2 heterocycles. The van der Waals surface area contributed by atoms with E-state index in [0.717, 1.165) is 29.9 Å². The van der Waals surface area contributed by atoms with E-state index in [-0.39, 0.29) is 5.91 Å². The second-order valence-corrected chi connectivity index (χ2v) is 5.76. The van der Waals surface area contributed by atoms with Gasteiger partial charge < -0.3 is 9.88 Å². The van der Waals surface area contributed by atoms with Gasteiger partial charge in [-0.3, -0.25) is 4.79 Å². The van der Waals surface area contributed by atoms with Crippen LogP contribution in [0.1, 0.15) is 21.5 Å². The Labute approximate surface area is 134 Å². The van der Waals surface area contributed by atoms with E-state index in [0.29, 0.717) is 6.54 Å². The van der Waals surface area contributed by atoms with E-state index in [1.807, 2.05) is 35.2 Å². The third kappa shape index (κ3) is 2.63. The third-order valence-electron chi connectivity index (χ3n) is 4.32. The Hall–Kier alpha value is -2.88. The zero-order chi connectivity index (χ0) is 15.6. The molecule has 1 aromatic heterocycles. The maximum atomic E-state index is 12.7. The number of nitrogens with zero attached hydrogens (tertiary/aromatic N) is 2. The van der Waals surface area contributed by atoms with Crippen LogP contribution in [-0.4, -0.2) is 27.3 Å². The third-order valence-corrected chi connectivity index (χ3v) is 4.32. The predicted octanol–water partition coefficient (Wildman–Crippen LogP) is 3.28. The number of H-pyrrole nitrogens is 1. The molecule has 1 amide bonds. The summed E-state index contributed by atoms with van der Waals surface area (Å²) in [5, 5.41) is 0. The molecule has 4 rings (SSSR count). The van der Waals surface area contributed by atoms with Crippen molar-refractivity contribution in [2.45, 2.75) is 13.0 Å². The zero-order valence-corrected chi connectivity index (χ0v) is 12.7. The number of carbonyl (C=O) groups excluding carboxylic acids is 1. The van der Waals surface area contributed by atoms with Crippen molar-refractivity contribution >= 4 is 5.91 Å². The van der Waals surface area contributed by atoms with Crippen LogP contribution in [0.15, 0.2) is 60.9 Å². The van der Waals surface area contributed by atoms with E-state index in [2.05, 4.69) is 28.2 Å². The van der Waals surface area contributed by atoms with Gasteiger partial charge in [-0.2, -0.15) is 0 Å². The summed E-state index contributed by atoms with van der Waals surface area (Å²) in [6.07, 6.45) is 4.44. The molecule has 1 N–H and O–H groups in total. The van der Waals surface area contributed by atoms with Crippen LogP contribution in [0.2, 0.25) is 0 Å². The Morgan fingerprint density at radius 2 is 1.83 bits per heavy atom. The predicted molar refractivity (Wildman–Crippen MR) is 88.9 cm³/mol. The van der Waals surface area contributed by atoms with Crippen molar-refractivity contribution < 1.29 is 4.79 Å². The van der Waals surface area contributed by atoms with Gasteiger partial charge in [0.05, 0.1) is 0 Å². The molecule has 0 unspecified atom stereocenters. The number of nitrogens with one attached hydrogen (secondary N) is 1. The molecule has 0 saturated heterocycles. The van der Waals surface area contributed by atoms with Crippen molar-refractivity contribution in [3.05, 3.63) is 77.6 Å². The zero-order valence-electron chi connectivity index (χ0n) is 12.7. The van der Waals surface area contributed by atoms with E-state index in [1.54, 1.807) is 12.4 Å². The number of imidazole rings is 1. The molecule has 23 heavy (non-hydrogen) atoms. The number of amides is 1. The first kappa shape index (κ1) is 13.8. The van der Waals surface area contributed by atoms with E-state index >= 15 is 0 Å². The summed E-state index contributed by atoms with van der Waals surface area (Å²) in [4.78, 5) is 21.9. The Morgan fingerprint density at radius 1 is 1.04 bits per heavy atom. The molecule has 3 aromatic rings. The summed E-state index contributed by atoms with van der Waals surface area (Å²) >= 11 is 0. The van der Waals surface area contributed by atoms with Gasteiger partial charge >= 0.3 is 0 Å². The lowest BCUT2D eigenvalue weighted by Crippen LogP contribution is -2.35. The number of hydrogen-bond donors (Lipinski definition) is 1. The Kier molecular flexibility index (Phi) is 3.42. The molecule has 4 heteroatoms. The van der Waals surface area contributed by atoms with E-state index < -0.39 is 0 Å². The topological polar surface area (TPSA) is 49.0 Å². The van der Waals surface area contributed by atoms with Gasteiger partial charge in [0, 0.05) is 36.6 Å². The van der Waals surface area contributed by atoms with Crippen molar-refractivity contribution in [3.8, 4) is 11.4 Å². The minimum atomic E-state index is 0.0884. The number of aromatic amines is 1. The quantitative estimate of drug-likeness (QED) is 0.790. The average molecular weight is 303 g/mol. The number of aromatic nitrogens is 2. The molecule has 0 atom stereocenters. The molecule has 2 aromatic carbocycles. The maximum Gasteiger partial charge on any atom is 0.254 e. The fourth-order valence-corrected chi connectivity index (χ4v) is 3.05. The minimum Gasteiger partial charge on any atom is -0.345 e. The largest absolute Gasteiger partial charge is 0.345 e. The van der Waals surface area contributed by atoms with Crippen LogP contribution in [0.5, 0.6) is 0 Å². The lowest BCUT2D eigenvalue weighted by Gasteiger charge is -2.29. The fraction of sp³-hybridized carbons (Fsp3) is 0.158.